The van der Waals surface area contributed by atoms with E-state index >= 15 is 0 Å². The summed E-state index contributed by atoms with van der Waals surface area (Å²) in [6.07, 6.45) is 0.939. The van der Waals surface area contributed by atoms with Crippen molar-refractivity contribution in [3.05, 3.63) is 0 Å². The molecule has 0 spiro atoms. The topological polar surface area (TPSA) is 64.3 Å². The van der Waals surface area contributed by atoms with Crippen LogP contribution in [-0.4, -0.2) is 31.2 Å². The van der Waals surface area contributed by atoms with Crippen LogP contribution in [0.5, 0.6) is 0 Å². The van der Waals surface area contributed by atoms with Gasteiger partial charge < -0.3 is 15.8 Å². The number of nitrogens with two attached hydrogens (primary N) is 1. The predicted molar refractivity (Wildman–Crippen MR) is 52.4 cm³/mol. The van der Waals surface area contributed by atoms with Crippen LogP contribution in [0.3, 0.4) is 0 Å². The Bertz CT molecular complexity index is 152. The minimum absolute atomic E-state index is 0.0777. The second-order valence-corrected chi connectivity index (χ2v) is 3.83. The van der Waals surface area contributed by atoms with Crippen LogP contribution in [0.25, 0.3) is 0 Å². The fourth-order valence-electron chi connectivity index (χ4n) is 0.722. The fourth-order valence-corrected chi connectivity index (χ4v) is 0.722. The average molecular weight is 188 g/mol. The number of ether oxygens (including phenoxy) is 1. The van der Waals surface area contributed by atoms with Gasteiger partial charge in [0.05, 0.1) is 6.61 Å². The molecule has 4 nitrogen and oxygen atoms in total. The third-order valence-corrected chi connectivity index (χ3v) is 1.28. The van der Waals surface area contributed by atoms with Gasteiger partial charge in [-0.05, 0) is 20.3 Å². The number of hydrogen-bond donors (Lipinski definition) is 2. The Labute approximate surface area is 79.8 Å². The Balaban J connectivity index is 3.37. The van der Waals surface area contributed by atoms with Gasteiger partial charge in [-0.25, -0.2) is 0 Å². The molecule has 78 valence electrons. The Kier molecular flexibility index (Phi) is 5.66. The lowest BCUT2D eigenvalue weighted by Crippen LogP contribution is -2.39. The van der Waals surface area contributed by atoms with Crippen LogP contribution in [0.4, 0.5) is 0 Å². The van der Waals surface area contributed by atoms with E-state index in [9.17, 15) is 4.79 Å². The third-order valence-electron chi connectivity index (χ3n) is 1.28. The number of carbonyl (C=O) groups excluding carboxylic acids is 1. The summed E-state index contributed by atoms with van der Waals surface area (Å²) in [5.41, 5.74) is 5.30. The van der Waals surface area contributed by atoms with E-state index in [1.54, 1.807) is 0 Å². The van der Waals surface area contributed by atoms with E-state index in [1.165, 1.54) is 0 Å². The molecule has 0 aliphatic carbocycles. The molecule has 13 heavy (non-hydrogen) atoms. The largest absolute Gasteiger partial charge is 0.370 e. The molecule has 0 aliphatic rings. The quantitative estimate of drug-likeness (QED) is 0.628. The summed E-state index contributed by atoms with van der Waals surface area (Å²) in [6.45, 7) is 6.92. The summed E-state index contributed by atoms with van der Waals surface area (Å²) < 4.78 is 5.12. The van der Waals surface area contributed by atoms with Gasteiger partial charge in [0.25, 0.3) is 0 Å². The van der Waals surface area contributed by atoms with Crippen LogP contribution in [0, 0.1) is 0 Å². The van der Waals surface area contributed by atoms with Gasteiger partial charge in [-0.2, -0.15) is 0 Å². The molecule has 0 atom stereocenters. The molecule has 0 heterocycles. The number of carbonyl (C=O) groups is 1. The molecule has 0 fully saturated rings. The van der Waals surface area contributed by atoms with Crippen molar-refractivity contribution in [2.45, 2.75) is 32.7 Å². The van der Waals surface area contributed by atoms with Gasteiger partial charge >= 0.3 is 0 Å². The highest BCUT2D eigenvalue weighted by atomic mass is 16.5. The standard InChI is InChI=1S/C9H20N2O2/c1-4-5-11-8(12)6-13-7-9(2,3)10/h4-7,10H2,1-3H3,(H,11,12). The first-order valence-corrected chi connectivity index (χ1v) is 4.59. The number of rotatable bonds is 6. The van der Waals surface area contributed by atoms with Gasteiger partial charge in [0.2, 0.25) is 5.91 Å². The first-order chi connectivity index (χ1) is 5.95. The number of amides is 1. The highest BCUT2D eigenvalue weighted by Crippen LogP contribution is 1.96. The van der Waals surface area contributed by atoms with E-state index in [0.717, 1.165) is 6.42 Å². The van der Waals surface area contributed by atoms with Crippen molar-refractivity contribution >= 4 is 5.91 Å². The van der Waals surface area contributed by atoms with Crippen molar-refractivity contribution in [2.75, 3.05) is 19.8 Å². The summed E-state index contributed by atoms with van der Waals surface area (Å²) >= 11 is 0. The molecule has 0 aromatic carbocycles. The maximum absolute atomic E-state index is 11.0. The Hall–Kier alpha value is -0.610. The second kappa shape index (κ2) is 5.94. The lowest BCUT2D eigenvalue weighted by atomic mass is 10.1. The lowest BCUT2D eigenvalue weighted by Gasteiger charge is -2.17. The molecule has 0 aromatic rings. The monoisotopic (exact) mass is 188 g/mol. The molecule has 0 radical (unpaired) electrons. The van der Waals surface area contributed by atoms with Gasteiger partial charge in [0.1, 0.15) is 6.61 Å². The summed E-state index contributed by atoms with van der Waals surface area (Å²) in [6, 6.07) is 0. The highest BCUT2D eigenvalue weighted by molar-refractivity contribution is 5.77. The molecule has 0 saturated heterocycles. The van der Waals surface area contributed by atoms with Crippen LogP contribution in [0.15, 0.2) is 0 Å². The molecular weight excluding hydrogens is 168 g/mol. The number of nitrogens with one attached hydrogen (secondary N) is 1. The summed E-state index contributed by atoms with van der Waals surface area (Å²) in [5, 5.41) is 2.71. The van der Waals surface area contributed by atoms with Crippen LogP contribution < -0.4 is 11.1 Å². The zero-order valence-corrected chi connectivity index (χ0v) is 8.72. The average Bonchev–Trinajstić information content (AvgIpc) is 1.98. The van der Waals surface area contributed by atoms with Crippen molar-refractivity contribution in [3.63, 3.8) is 0 Å². The Morgan fingerprint density at radius 1 is 1.54 bits per heavy atom. The van der Waals surface area contributed by atoms with Gasteiger partial charge in [0, 0.05) is 12.1 Å². The molecule has 0 aromatic heterocycles. The molecule has 0 unspecified atom stereocenters. The predicted octanol–water partition coefficient (Wildman–Crippen LogP) is 0.267. The third kappa shape index (κ3) is 9.30. The van der Waals surface area contributed by atoms with Crippen LogP contribution >= 0.6 is 0 Å². The lowest BCUT2D eigenvalue weighted by molar-refractivity contribution is -0.126. The van der Waals surface area contributed by atoms with Crippen molar-refractivity contribution in [2.24, 2.45) is 5.73 Å². The van der Waals surface area contributed by atoms with Crippen molar-refractivity contribution in [3.8, 4) is 0 Å². The normalized spacial score (nSPS) is 11.4. The Morgan fingerprint density at radius 2 is 2.15 bits per heavy atom. The zero-order valence-electron chi connectivity index (χ0n) is 8.72. The van der Waals surface area contributed by atoms with E-state index < -0.39 is 0 Å². The zero-order chi connectivity index (χ0) is 10.3. The smallest absolute Gasteiger partial charge is 0.245 e. The maximum Gasteiger partial charge on any atom is 0.245 e. The van der Waals surface area contributed by atoms with Gasteiger partial charge in [-0.15, -0.1) is 0 Å². The molecule has 0 rings (SSSR count). The van der Waals surface area contributed by atoms with E-state index in [4.69, 9.17) is 10.5 Å². The SMILES string of the molecule is CCCNC(=O)COCC(C)(C)N. The van der Waals surface area contributed by atoms with Crippen molar-refractivity contribution in [1.82, 2.24) is 5.32 Å². The van der Waals surface area contributed by atoms with E-state index in [2.05, 4.69) is 5.32 Å². The molecule has 1 amide bonds. The highest BCUT2D eigenvalue weighted by Gasteiger charge is 2.11. The maximum atomic E-state index is 11.0. The van der Waals surface area contributed by atoms with Crippen molar-refractivity contribution < 1.29 is 9.53 Å². The molecule has 0 saturated carbocycles. The second-order valence-electron chi connectivity index (χ2n) is 3.83. The first-order valence-electron chi connectivity index (χ1n) is 4.59. The van der Waals surface area contributed by atoms with Crippen molar-refractivity contribution in [1.29, 1.82) is 0 Å². The van der Waals surface area contributed by atoms with Gasteiger partial charge in [0.15, 0.2) is 0 Å². The number of hydrogen-bond acceptors (Lipinski definition) is 3. The molecule has 3 N–H and O–H groups in total. The fraction of sp³-hybridized carbons (Fsp3) is 0.889. The van der Waals surface area contributed by atoms with E-state index in [0.29, 0.717) is 13.2 Å². The minimum atomic E-state index is -0.370. The molecule has 4 heteroatoms. The Morgan fingerprint density at radius 3 is 2.62 bits per heavy atom. The van der Waals surface area contributed by atoms with Crippen LogP contribution in [0.2, 0.25) is 0 Å². The molecular formula is C9H20N2O2. The minimum Gasteiger partial charge on any atom is -0.370 e. The first kappa shape index (κ1) is 12.4. The molecule has 0 aliphatic heterocycles. The van der Waals surface area contributed by atoms with E-state index in [-0.39, 0.29) is 18.1 Å². The van der Waals surface area contributed by atoms with Gasteiger partial charge in [-0.3, -0.25) is 4.79 Å². The summed E-state index contributed by atoms with van der Waals surface area (Å²) in [7, 11) is 0. The summed E-state index contributed by atoms with van der Waals surface area (Å²) in [4.78, 5) is 11.0. The summed E-state index contributed by atoms with van der Waals surface area (Å²) in [5.74, 6) is -0.0777. The van der Waals surface area contributed by atoms with Crippen LogP contribution in [0.1, 0.15) is 27.2 Å². The molecule has 0 bridgehead atoms. The van der Waals surface area contributed by atoms with Gasteiger partial charge in [-0.1, -0.05) is 6.92 Å². The van der Waals surface area contributed by atoms with E-state index in [1.807, 2.05) is 20.8 Å². The van der Waals surface area contributed by atoms with Crippen LogP contribution in [-0.2, 0) is 9.53 Å².